The first kappa shape index (κ1) is 17.1. The van der Waals surface area contributed by atoms with Crippen molar-refractivity contribution in [3.8, 4) is 0 Å². The molecule has 4 rings (SSSR count). The molecule has 0 bridgehead atoms. The number of hydrogen-bond acceptors (Lipinski definition) is 5. The number of ether oxygens (including phenoxy) is 2. The standard InChI is InChI=1S/C19H28N2O4/c22-19(17-2-1-8-24-17)20-12-15-3-4-16-18(15)25-11-7-21(16)13-14-5-9-23-10-6-14/h1-2,8,14-16,18H,3-7,9-13H2,(H,20,22)/t15-,16+,18-/m0/s1. The van der Waals surface area contributed by atoms with Gasteiger partial charge in [0.05, 0.1) is 19.0 Å². The Kier molecular flexibility index (Phi) is 5.39. The Morgan fingerprint density at radius 1 is 1.20 bits per heavy atom. The van der Waals surface area contributed by atoms with Crippen molar-refractivity contribution in [3.05, 3.63) is 24.2 Å². The van der Waals surface area contributed by atoms with Gasteiger partial charge in [-0.25, -0.2) is 0 Å². The van der Waals surface area contributed by atoms with Crippen molar-refractivity contribution in [2.75, 3.05) is 39.5 Å². The maximum atomic E-state index is 12.1. The maximum absolute atomic E-state index is 12.1. The summed E-state index contributed by atoms with van der Waals surface area (Å²) in [7, 11) is 0. The molecule has 1 aromatic heterocycles. The van der Waals surface area contributed by atoms with Crippen LogP contribution in [-0.2, 0) is 9.47 Å². The third-order valence-corrected chi connectivity index (χ3v) is 5.94. The first-order chi connectivity index (χ1) is 12.3. The Bertz CT molecular complexity index is 556. The van der Waals surface area contributed by atoms with Gasteiger partial charge in [0.1, 0.15) is 0 Å². The van der Waals surface area contributed by atoms with E-state index in [1.807, 2.05) is 0 Å². The Balaban J connectivity index is 1.30. The molecule has 3 fully saturated rings. The van der Waals surface area contributed by atoms with Gasteiger partial charge in [0, 0.05) is 44.8 Å². The lowest BCUT2D eigenvalue weighted by molar-refractivity contribution is -0.0809. The second-order valence-electron chi connectivity index (χ2n) is 7.48. The van der Waals surface area contributed by atoms with E-state index in [0.717, 1.165) is 45.1 Å². The summed E-state index contributed by atoms with van der Waals surface area (Å²) >= 11 is 0. The normalized spacial score (nSPS) is 31.0. The zero-order chi connectivity index (χ0) is 17.1. The third kappa shape index (κ3) is 3.91. The van der Waals surface area contributed by atoms with Crippen LogP contribution in [0.3, 0.4) is 0 Å². The van der Waals surface area contributed by atoms with E-state index in [0.29, 0.717) is 24.3 Å². The van der Waals surface area contributed by atoms with Gasteiger partial charge in [-0.15, -0.1) is 0 Å². The van der Waals surface area contributed by atoms with Gasteiger partial charge in [-0.2, -0.15) is 0 Å². The molecular weight excluding hydrogens is 320 g/mol. The molecule has 1 amide bonds. The summed E-state index contributed by atoms with van der Waals surface area (Å²) in [5, 5.41) is 3.01. The van der Waals surface area contributed by atoms with Gasteiger partial charge in [0.15, 0.2) is 5.76 Å². The fraction of sp³-hybridized carbons (Fsp3) is 0.737. The Labute approximate surface area is 148 Å². The van der Waals surface area contributed by atoms with Crippen molar-refractivity contribution in [1.82, 2.24) is 10.2 Å². The molecule has 0 radical (unpaired) electrons. The van der Waals surface area contributed by atoms with Crippen LogP contribution in [-0.4, -0.2) is 62.4 Å². The van der Waals surface area contributed by atoms with Gasteiger partial charge in [0.25, 0.3) is 5.91 Å². The minimum Gasteiger partial charge on any atom is -0.459 e. The molecule has 6 nitrogen and oxygen atoms in total. The Morgan fingerprint density at radius 2 is 2.08 bits per heavy atom. The van der Waals surface area contributed by atoms with Crippen LogP contribution in [0.15, 0.2) is 22.8 Å². The van der Waals surface area contributed by atoms with Crippen LogP contribution in [0, 0.1) is 11.8 Å². The minimum absolute atomic E-state index is 0.136. The molecule has 1 aliphatic carbocycles. The minimum atomic E-state index is -0.136. The highest BCUT2D eigenvalue weighted by Crippen LogP contribution is 2.35. The van der Waals surface area contributed by atoms with Crippen LogP contribution in [0.2, 0.25) is 0 Å². The summed E-state index contributed by atoms with van der Waals surface area (Å²) in [6, 6.07) is 3.93. The highest BCUT2D eigenvalue weighted by atomic mass is 16.5. The van der Waals surface area contributed by atoms with E-state index >= 15 is 0 Å². The number of amides is 1. The van der Waals surface area contributed by atoms with Crippen molar-refractivity contribution in [3.63, 3.8) is 0 Å². The molecule has 1 saturated carbocycles. The molecule has 0 aromatic carbocycles. The number of morpholine rings is 1. The summed E-state index contributed by atoms with van der Waals surface area (Å²) in [4.78, 5) is 14.7. The summed E-state index contributed by atoms with van der Waals surface area (Å²) in [5.74, 6) is 1.38. The van der Waals surface area contributed by atoms with Crippen molar-refractivity contribution in [2.24, 2.45) is 11.8 Å². The maximum Gasteiger partial charge on any atom is 0.286 e. The Morgan fingerprint density at radius 3 is 2.88 bits per heavy atom. The summed E-state index contributed by atoms with van der Waals surface area (Å²) in [5.41, 5.74) is 0. The van der Waals surface area contributed by atoms with Crippen molar-refractivity contribution >= 4 is 5.91 Å². The molecule has 1 aromatic rings. The van der Waals surface area contributed by atoms with Crippen LogP contribution < -0.4 is 5.32 Å². The second-order valence-corrected chi connectivity index (χ2v) is 7.48. The number of nitrogens with zero attached hydrogens (tertiary/aromatic N) is 1. The summed E-state index contributed by atoms with van der Waals surface area (Å²) in [6.07, 6.45) is 6.39. The monoisotopic (exact) mass is 348 g/mol. The lowest BCUT2D eigenvalue weighted by atomic mass is 9.97. The van der Waals surface area contributed by atoms with Gasteiger partial charge in [-0.1, -0.05) is 0 Å². The first-order valence-corrected chi connectivity index (χ1v) is 9.56. The van der Waals surface area contributed by atoms with Gasteiger partial charge in [-0.05, 0) is 43.7 Å². The number of hydrogen-bond donors (Lipinski definition) is 1. The van der Waals surface area contributed by atoms with E-state index in [9.17, 15) is 4.79 Å². The van der Waals surface area contributed by atoms with Crippen molar-refractivity contribution in [1.29, 1.82) is 0 Å². The van der Waals surface area contributed by atoms with Crippen LogP contribution >= 0.6 is 0 Å². The molecule has 3 heterocycles. The largest absolute Gasteiger partial charge is 0.459 e. The number of rotatable bonds is 5. The topological polar surface area (TPSA) is 63.9 Å². The lowest BCUT2D eigenvalue weighted by Crippen LogP contribution is -2.52. The van der Waals surface area contributed by atoms with Crippen molar-refractivity contribution < 1.29 is 18.7 Å². The van der Waals surface area contributed by atoms with Gasteiger partial charge >= 0.3 is 0 Å². The number of carbonyl (C=O) groups excluding carboxylic acids is 1. The highest BCUT2D eigenvalue weighted by Gasteiger charge is 2.43. The van der Waals surface area contributed by atoms with Gasteiger partial charge < -0.3 is 19.2 Å². The molecule has 2 aliphatic heterocycles. The summed E-state index contributed by atoms with van der Waals surface area (Å²) in [6.45, 7) is 5.47. The van der Waals surface area contributed by atoms with E-state index in [-0.39, 0.29) is 12.0 Å². The molecule has 2 saturated heterocycles. The van der Waals surface area contributed by atoms with E-state index in [1.165, 1.54) is 25.6 Å². The van der Waals surface area contributed by atoms with Crippen molar-refractivity contribution in [2.45, 2.75) is 37.8 Å². The van der Waals surface area contributed by atoms with Crippen LogP contribution in [0.4, 0.5) is 0 Å². The molecule has 3 aliphatic rings. The fourth-order valence-electron chi connectivity index (χ4n) is 4.56. The Hall–Kier alpha value is -1.37. The van der Waals surface area contributed by atoms with E-state index in [1.54, 1.807) is 12.1 Å². The van der Waals surface area contributed by atoms with Crippen LogP contribution in [0.25, 0.3) is 0 Å². The van der Waals surface area contributed by atoms with E-state index < -0.39 is 0 Å². The van der Waals surface area contributed by atoms with Crippen LogP contribution in [0.1, 0.15) is 36.2 Å². The number of fused-ring (bicyclic) bond motifs is 1. The molecule has 138 valence electrons. The zero-order valence-electron chi connectivity index (χ0n) is 14.7. The summed E-state index contributed by atoms with van der Waals surface area (Å²) < 4.78 is 16.8. The van der Waals surface area contributed by atoms with E-state index in [2.05, 4.69) is 10.2 Å². The molecule has 3 atom stereocenters. The van der Waals surface area contributed by atoms with Crippen LogP contribution in [0.5, 0.6) is 0 Å². The molecule has 0 unspecified atom stereocenters. The van der Waals surface area contributed by atoms with E-state index in [4.69, 9.17) is 13.9 Å². The lowest BCUT2D eigenvalue weighted by Gasteiger charge is -2.41. The zero-order valence-corrected chi connectivity index (χ0v) is 14.7. The SMILES string of the molecule is O=C(NC[C@@H]1CC[C@@H]2[C@H]1OCCN2CC1CCOCC1)c1ccco1. The average Bonchev–Trinajstić information content (AvgIpc) is 3.31. The molecular formula is C19H28N2O4. The predicted molar refractivity (Wildman–Crippen MR) is 92.4 cm³/mol. The molecule has 25 heavy (non-hydrogen) atoms. The highest BCUT2D eigenvalue weighted by molar-refractivity contribution is 5.91. The first-order valence-electron chi connectivity index (χ1n) is 9.56. The van der Waals surface area contributed by atoms with Gasteiger partial charge in [0.2, 0.25) is 0 Å². The molecule has 0 spiro atoms. The quantitative estimate of drug-likeness (QED) is 0.881. The third-order valence-electron chi connectivity index (χ3n) is 5.94. The fourth-order valence-corrected chi connectivity index (χ4v) is 4.56. The van der Waals surface area contributed by atoms with Gasteiger partial charge in [-0.3, -0.25) is 9.69 Å². The second kappa shape index (κ2) is 7.89. The number of nitrogens with one attached hydrogen (secondary N) is 1. The number of carbonyl (C=O) groups is 1. The molecule has 1 N–H and O–H groups in total. The molecule has 6 heteroatoms. The number of furan rings is 1. The smallest absolute Gasteiger partial charge is 0.286 e. The average molecular weight is 348 g/mol. The predicted octanol–water partition coefficient (Wildman–Crippen LogP) is 1.92.